The number of likely N-dealkylation sites (tertiary alicyclic amines) is 1. The molecule has 1 unspecified atom stereocenters. The lowest BCUT2D eigenvalue weighted by molar-refractivity contribution is -0.115. The highest BCUT2D eigenvalue weighted by atomic mass is 32.2. The maximum absolute atomic E-state index is 12.4. The minimum Gasteiger partial charge on any atom is -0.489 e. The topological polar surface area (TPSA) is 95.5 Å². The summed E-state index contributed by atoms with van der Waals surface area (Å²) in [6, 6.07) is 5.87. The molecule has 0 saturated carbocycles. The first-order valence-corrected chi connectivity index (χ1v) is 10.9. The van der Waals surface area contributed by atoms with Gasteiger partial charge in [-0.3, -0.25) is 4.79 Å². The number of hydrogen-bond donors (Lipinski definition) is 2. The normalized spacial score (nSPS) is 22.0. The van der Waals surface area contributed by atoms with Crippen LogP contribution in [0.5, 0.6) is 5.75 Å². The van der Waals surface area contributed by atoms with E-state index in [2.05, 4.69) is 37.2 Å². The first-order chi connectivity index (χ1) is 15.0. The number of benzene rings is 1. The van der Waals surface area contributed by atoms with Crippen molar-refractivity contribution in [2.75, 3.05) is 20.1 Å². The van der Waals surface area contributed by atoms with Crippen LogP contribution >= 0.6 is 11.8 Å². The van der Waals surface area contributed by atoms with Crippen LogP contribution in [0.2, 0.25) is 0 Å². The lowest BCUT2D eigenvalue weighted by Crippen LogP contribution is -2.21. The summed E-state index contributed by atoms with van der Waals surface area (Å²) in [5.41, 5.74) is 3.41. The van der Waals surface area contributed by atoms with Crippen LogP contribution in [0.25, 0.3) is 17.1 Å². The van der Waals surface area contributed by atoms with Crippen LogP contribution in [0, 0.1) is 6.92 Å². The molecular formula is C22H22N6O2S. The van der Waals surface area contributed by atoms with Gasteiger partial charge in [-0.05, 0) is 62.0 Å². The van der Waals surface area contributed by atoms with Gasteiger partial charge in [-0.1, -0.05) is 0 Å². The van der Waals surface area contributed by atoms with Crippen molar-refractivity contribution in [3.8, 4) is 5.75 Å². The molecule has 2 saturated heterocycles. The summed E-state index contributed by atoms with van der Waals surface area (Å²) in [6.07, 6.45) is 8.14. The van der Waals surface area contributed by atoms with Gasteiger partial charge >= 0.3 is 0 Å². The van der Waals surface area contributed by atoms with Gasteiger partial charge in [0.25, 0.3) is 5.91 Å². The fourth-order valence-electron chi connectivity index (χ4n) is 3.74. The van der Waals surface area contributed by atoms with Crippen molar-refractivity contribution in [2.24, 2.45) is 4.99 Å². The molecule has 0 aliphatic carbocycles. The second-order valence-corrected chi connectivity index (χ2v) is 8.78. The smallest absolute Gasteiger partial charge is 0.264 e. The number of aromatic nitrogens is 3. The quantitative estimate of drug-likeness (QED) is 0.612. The van der Waals surface area contributed by atoms with E-state index >= 15 is 0 Å². The van der Waals surface area contributed by atoms with Crippen molar-refractivity contribution in [1.82, 2.24) is 25.2 Å². The van der Waals surface area contributed by atoms with Gasteiger partial charge in [0.2, 0.25) is 0 Å². The van der Waals surface area contributed by atoms with Gasteiger partial charge in [0, 0.05) is 36.4 Å². The Balaban J connectivity index is 1.33. The Labute approximate surface area is 183 Å². The van der Waals surface area contributed by atoms with Gasteiger partial charge in [-0.15, -0.1) is 0 Å². The van der Waals surface area contributed by atoms with Crippen molar-refractivity contribution in [2.45, 2.75) is 19.4 Å². The predicted molar refractivity (Wildman–Crippen MR) is 122 cm³/mol. The number of amidine groups is 1. The number of carbonyl (C=O) groups excluding carboxylic acids is 1. The molecule has 0 bridgehead atoms. The first kappa shape index (κ1) is 19.8. The lowest BCUT2D eigenvalue weighted by Gasteiger charge is -2.14. The minimum atomic E-state index is -0.169. The van der Waals surface area contributed by atoms with Gasteiger partial charge in [0.15, 0.2) is 5.17 Å². The summed E-state index contributed by atoms with van der Waals surface area (Å²) in [5, 5.41) is 4.27. The third-order valence-corrected chi connectivity index (χ3v) is 6.28. The van der Waals surface area contributed by atoms with Gasteiger partial charge in [-0.25, -0.2) is 15.0 Å². The predicted octanol–water partition coefficient (Wildman–Crippen LogP) is 3.24. The number of aromatic amines is 1. The van der Waals surface area contributed by atoms with Gasteiger partial charge < -0.3 is 19.9 Å². The van der Waals surface area contributed by atoms with Crippen molar-refractivity contribution in [1.29, 1.82) is 0 Å². The lowest BCUT2D eigenvalue weighted by atomic mass is 10.2. The number of rotatable bonds is 4. The highest BCUT2D eigenvalue weighted by Crippen LogP contribution is 2.31. The highest BCUT2D eigenvalue weighted by Gasteiger charge is 2.25. The Bertz CT molecular complexity index is 1220. The molecule has 1 aromatic carbocycles. The van der Waals surface area contributed by atoms with Crippen LogP contribution in [-0.2, 0) is 4.79 Å². The number of aliphatic imine (C=N–C) groups is 1. The first-order valence-electron chi connectivity index (χ1n) is 10.1. The molecule has 4 heterocycles. The molecule has 1 amide bonds. The SMILES string of the molecule is Cc1cc(OC2CCN(C)C2)ccc1N=C1NC(=O)C(=Cc2c[nH]c3ncncc23)S1. The zero-order valence-corrected chi connectivity index (χ0v) is 18.1. The summed E-state index contributed by atoms with van der Waals surface area (Å²) in [5.74, 6) is 0.685. The van der Waals surface area contributed by atoms with Crippen LogP contribution in [-0.4, -0.2) is 57.2 Å². The third kappa shape index (κ3) is 4.19. The average Bonchev–Trinajstić information content (AvgIpc) is 3.44. The third-order valence-electron chi connectivity index (χ3n) is 5.37. The summed E-state index contributed by atoms with van der Waals surface area (Å²) >= 11 is 1.32. The fourth-order valence-corrected chi connectivity index (χ4v) is 4.57. The number of fused-ring (bicyclic) bond motifs is 1. The molecule has 0 spiro atoms. The largest absolute Gasteiger partial charge is 0.489 e. The maximum atomic E-state index is 12.4. The Morgan fingerprint density at radius 1 is 1.39 bits per heavy atom. The van der Waals surface area contributed by atoms with E-state index in [1.165, 1.54) is 18.1 Å². The standard InChI is InChI=1S/C22H22N6O2S/c1-13-7-15(30-16-5-6-28(2)11-16)3-4-18(13)26-22-27-21(29)19(31-22)8-14-9-24-20-17(14)10-23-12-25-20/h3-4,7-10,12,16H,5-6,11H2,1-2H3,(H,23,24,25)(H,26,27,29). The van der Waals surface area contributed by atoms with Crippen LogP contribution in [0.15, 0.2) is 46.8 Å². The van der Waals surface area contributed by atoms with Crippen LogP contribution in [0.1, 0.15) is 17.5 Å². The number of carbonyl (C=O) groups is 1. The zero-order chi connectivity index (χ0) is 21.4. The molecule has 2 fully saturated rings. The molecule has 2 N–H and O–H groups in total. The van der Waals surface area contributed by atoms with Crippen molar-refractivity contribution in [3.63, 3.8) is 0 Å². The summed E-state index contributed by atoms with van der Waals surface area (Å²) in [7, 11) is 2.11. The minimum absolute atomic E-state index is 0.169. The van der Waals surface area contributed by atoms with E-state index < -0.39 is 0 Å². The molecule has 3 aromatic rings. The highest BCUT2D eigenvalue weighted by molar-refractivity contribution is 8.18. The molecule has 31 heavy (non-hydrogen) atoms. The van der Waals surface area contributed by atoms with E-state index in [-0.39, 0.29) is 12.0 Å². The van der Waals surface area contributed by atoms with E-state index in [0.717, 1.165) is 53.1 Å². The zero-order valence-electron chi connectivity index (χ0n) is 17.3. The number of hydrogen-bond acceptors (Lipinski definition) is 7. The Morgan fingerprint density at radius 2 is 2.29 bits per heavy atom. The Kier molecular flexibility index (Phi) is 5.21. The average molecular weight is 435 g/mol. The Hall–Kier alpha value is -3.17. The number of nitrogens with one attached hydrogen (secondary N) is 2. The monoisotopic (exact) mass is 434 g/mol. The molecule has 9 heteroatoms. The van der Waals surface area contributed by atoms with Gasteiger partial charge in [0.1, 0.15) is 23.8 Å². The van der Waals surface area contributed by atoms with Crippen LogP contribution in [0.4, 0.5) is 5.69 Å². The maximum Gasteiger partial charge on any atom is 0.264 e. The van der Waals surface area contributed by atoms with E-state index in [9.17, 15) is 4.79 Å². The van der Waals surface area contributed by atoms with Crippen LogP contribution in [0.3, 0.4) is 0 Å². The molecule has 158 valence electrons. The summed E-state index contributed by atoms with van der Waals surface area (Å²) in [6.45, 7) is 4.01. The molecule has 2 aliphatic heterocycles. The number of ether oxygens (including phenoxy) is 1. The van der Waals surface area contributed by atoms with Crippen molar-refractivity contribution < 1.29 is 9.53 Å². The van der Waals surface area contributed by atoms with E-state index in [1.807, 2.05) is 37.4 Å². The van der Waals surface area contributed by atoms with Gasteiger partial charge in [-0.2, -0.15) is 0 Å². The second kappa shape index (κ2) is 8.16. The van der Waals surface area contributed by atoms with Crippen LogP contribution < -0.4 is 10.1 Å². The van der Waals surface area contributed by atoms with E-state index in [0.29, 0.717) is 10.1 Å². The molecule has 5 rings (SSSR count). The number of nitrogens with zero attached hydrogens (tertiary/aromatic N) is 4. The number of likely N-dealkylation sites (N-methyl/N-ethyl adjacent to an activating group) is 1. The number of amides is 1. The van der Waals surface area contributed by atoms with Crippen molar-refractivity contribution in [3.05, 3.63) is 53.0 Å². The molecule has 2 aromatic heterocycles. The van der Waals surface area contributed by atoms with E-state index in [4.69, 9.17) is 4.74 Å². The molecule has 8 nitrogen and oxygen atoms in total. The summed E-state index contributed by atoms with van der Waals surface area (Å²) < 4.78 is 6.09. The molecule has 2 aliphatic rings. The summed E-state index contributed by atoms with van der Waals surface area (Å²) in [4.78, 5) is 31.3. The molecule has 1 atom stereocenters. The van der Waals surface area contributed by atoms with E-state index in [1.54, 1.807) is 6.20 Å². The Morgan fingerprint density at radius 3 is 3.10 bits per heavy atom. The number of thioether (sulfide) groups is 1. The fraction of sp³-hybridized carbons (Fsp3) is 0.273. The van der Waals surface area contributed by atoms with Crippen molar-refractivity contribution >= 4 is 45.6 Å². The van der Waals surface area contributed by atoms with Gasteiger partial charge in [0.05, 0.1) is 10.6 Å². The second-order valence-electron chi connectivity index (χ2n) is 7.75. The molecule has 0 radical (unpaired) electrons. The molecular weight excluding hydrogens is 412 g/mol. The number of H-pyrrole nitrogens is 1. The number of aryl methyl sites for hydroxylation is 1.